The molecule has 0 spiro atoms. The topological polar surface area (TPSA) is 120 Å². The summed E-state index contributed by atoms with van der Waals surface area (Å²) in [5.74, 6) is -0.981. The van der Waals surface area contributed by atoms with Crippen molar-refractivity contribution in [3.63, 3.8) is 0 Å². The van der Waals surface area contributed by atoms with Crippen molar-refractivity contribution in [1.82, 2.24) is 24.1 Å². The van der Waals surface area contributed by atoms with E-state index >= 15 is 0 Å². The first-order valence-corrected chi connectivity index (χ1v) is 11.7. The van der Waals surface area contributed by atoms with Gasteiger partial charge in [0.2, 0.25) is 11.7 Å². The van der Waals surface area contributed by atoms with Crippen molar-refractivity contribution >= 4 is 34.2 Å². The van der Waals surface area contributed by atoms with Crippen molar-refractivity contribution in [2.24, 2.45) is 5.92 Å². The minimum absolute atomic E-state index is 0.0775. The van der Waals surface area contributed by atoms with Gasteiger partial charge in [0, 0.05) is 24.3 Å². The summed E-state index contributed by atoms with van der Waals surface area (Å²) in [5.41, 5.74) is -0.0839. The van der Waals surface area contributed by atoms with Gasteiger partial charge in [-0.3, -0.25) is 19.0 Å². The van der Waals surface area contributed by atoms with Crippen LogP contribution in [-0.2, 0) is 17.9 Å². The quantitative estimate of drug-likeness (QED) is 0.390. The molecule has 10 nitrogen and oxygen atoms in total. The molecule has 0 atom stereocenters. The van der Waals surface area contributed by atoms with Gasteiger partial charge in [0.1, 0.15) is 12.4 Å². The average molecular weight is 495 g/mol. The number of carbonyl (C=O) groups is 2. The van der Waals surface area contributed by atoms with Gasteiger partial charge in [-0.2, -0.15) is 0 Å². The van der Waals surface area contributed by atoms with E-state index in [0.29, 0.717) is 30.8 Å². The van der Waals surface area contributed by atoms with Gasteiger partial charge in [-0.15, -0.1) is 5.10 Å². The molecule has 0 bridgehead atoms. The highest BCUT2D eigenvalue weighted by Gasteiger charge is 2.20. The fourth-order valence-corrected chi connectivity index (χ4v) is 3.85. The largest absolute Gasteiger partial charge is 0.352 e. The molecule has 4 aromatic rings. The normalized spacial score (nSPS) is 11.4. The predicted molar refractivity (Wildman–Crippen MR) is 134 cm³/mol. The summed E-state index contributed by atoms with van der Waals surface area (Å²) in [4.78, 5) is 51.8. The number of fused-ring (bicyclic) bond motifs is 3. The molecule has 0 unspecified atom stereocenters. The van der Waals surface area contributed by atoms with Crippen LogP contribution < -0.4 is 21.9 Å². The number of halogens is 1. The molecule has 0 saturated heterocycles. The fraction of sp³-hybridized carbons (Fsp3) is 0.320. The molecule has 0 radical (unpaired) electrons. The number of nitrogens with zero attached hydrogens (tertiary/aromatic N) is 4. The highest BCUT2D eigenvalue weighted by molar-refractivity contribution is 5.98. The van der Waals surface area contributed by atoms with E-state index in [2.05, 4.69) is 15.7 Å². The van der Waals surface area contributed by atoms with E-state index in [0.717, 1.165) is 4.68 Å². The number of carbonyl (C=O) groups excluding carboxylic acids is 2. The van der Waals surface area contributed by atoms with E-state index in [-0.39, 0.29) is 34.1 Å². The third-order valence-electron chi connectivity index (χ3n) is 5.58. The summed E-state index contributed by atoms with van der Waals surface area (Å²) in [6, 6.07) is 9.78. The Bertz CT molecular complexity index is 1570. The summed E-state index contributed by atoms with van der Waals surface area (Å²) >= 11 is 0. The lowest BCUT2D eigenvalue weighted by Crippen LogP contribution is -2.30. The molecule has 36 heavy (non-hydrogen) atoms. The summed E-state index contributed by atoms with van der Waals surface area (Å²) < 4.78 is 16.7. The molecule has 0 aliphatic rings. The minimum Gasteiger partial charge on any atom is -0.352 e. The molecular formula is C25H27FN6O4. The molecule has 0 fully saturated rings. The van der Waals surface area contributed by atoms with Crippen molar-refractivity contribution in [2.75, 3.05) is 11.9 Å². The molecule has 2 amide bonds. The second-order valence-electron chi connectivity index (χ2n) is 8.92. The van der Waals surface area contributed by atoms with Crippen molar-refractivity contribution < 1.29 is 14.0 Å². The number of hydrogen-bond acceptors (Lipinski definition) is 5. The molecule has 2 heterocycles. The first-order chi connectivity index (χ1) is 17.2. The zero-order valence-electron chi connectivity index (χ0n) is 20.2. The number of rotatable bonds is 8. The third-order valence-corrected chi connectivity index (χ3v) is 5.58. The van der Waals surface area contributed by atoms with Gasteiger partial charge in [0.15, 0.2) is 0 Å². The molecule has 0 aliphatic heterocycles. The smallest absolute Gasteiger partial charge is 0.352 e. The van der Waals surface area contributed by atoms with Crippen LogP contribution in [-0.4, -0.2) is 37.1 Å². The lowest BCUT2D eigenvalue weighted by atomic mass is 10.1. The Kier molecular flexibility index (Phi) is 7.00. The van der Waals surface area contributed by atoms with Crippen LogP contribution in [0.1, 0.15) is 37.6 Å². The van der Waals surface area contributed by atoms with Gasteiger partial charge in [-0.25, -0.2) is 18.3 Å². The number of aryl methyl sites for hydroxylation is 1. The SMILES string of the molecule is CCCn1c(=O)c2ccc(C(=O)NCC(C)C)cc2n2c(=O)n(CC(=O)Nc3ccc(F)cc3)nc12. The van der Waals surface area contributed by atoms with Crippen LogP contribution in [0.15, 0.2) is 52.1 Å². The molecule has 0 aliphatic carbocycles. The maximum absolute atomic E-state index is 13.4. The molecule has 0 saturated carbocycles. The van der Waals surface area contributed by atoms with Crippen LogP contribution in [0, 0.1) is 11.7 Å². The van der Waals surface area contributed by atoms with Crippen molar-refractivity contribution in [2.45, 2.75) is 40.3 Å². The molecule has 188 valence electrons. The fourth-order valence-electron chi connectivity index (χ4n) is 3.85. The van der Waals surface area contributed by atoms with E-state index in [1.807, 2.05) is 20.8 Å². The third kappa shape index (κ3) is 4.90. The van der Waals surface area contributed by atoms with Gasteiger partial charge in [0.25, 0.3) is 11.5 Å². The standard InChI is InChI=1S/C25H27FN6O4/c1-4-11-30-23(35)19-10-5-16(22(34)27-13-15(2)3)12-20(19)32-24(30)29-31(25(32)36)14-21(33)28-18-8-6-17(26)7-9-18/h5-10,12,15H,4,11,13-14H2,1-3H3,(H,27,34)(H,28,33). The summed E-state index contributed by atoms with van der Waals surface area (Å²) in [7, 11) is 0. The zero-order valence-corrected chi connectivity index (χ0v) is 20.2. The van der Waals surface area contributed by atoms with E-state index in [1.54, 1.807) is 6.07 Å². The Morgan fingerprint density at radius 2 is 1.81 bits per heavy atom. The highest BCUT2D eigenvalue weighted by atomic mass is 19.1. The van der Waals surface area contributed by atoms with E-state index < -0.39 is 24.0 Å². The lowest BCUT2D eigenvalue weighted by molar-refractivity contribution is -0.117. The van der Waals surface area contributed by atoms with E-state index in [4.69, 9.17) is 0 Å². The lowest BCUT2D eigenvalue weighted by Gasteiger charge is -2.11. The molecule has 11 heteroatoms. The Balaban J connectivity index is 1.79. The van der Waals surface area contributed by atoms with Crippen molar-refractivity contribution in [1.29, 1.82) is 0 Å². The van der Waals surface area contributed by atoms with Crippen LogP contribution in [0.25, 0.3) is 16.7 Å². The number of nitrogens with one attached hydrogen (secondary N) is 2. The van der Waals surface area contributed by atoms with Gasteiger partial charge >= 0.3 is 5.69 Å². The van der Waals surface area contributed by atoms with E-state index in [1.165, 1.54) is 45.4 Å². The molecule has 2 aromatic heterocycles. The average Bonchev–Trinajstić information content (AvgIpc) is 3.16. The number of aromatic nitrogens is 4. The van der Waals surface area contributed by atoms with Crippen LogP contribution in [0.3, 0.4) is 0 Å². The minimum atomic E-state index is -0.631. The molecule has 2 N–H and O–H groups in total. The van der Waals surface area contributed by atoms with Crippen LogP contribution >= 0.6 is 0 Å². The molecular weight excluding hydrogens is 467 g/mol. The van der Waals surface area contributed by atoms with Crippen molar-refractivity contribution in [3.05, 3.63) is 74.7 Å². The molecule has 4 rings (SSSR count). The van der Waals surface area contributed by atoms with Crippen LogP contribution in [0.5, 0.6) is 0 Å². The maximum Gasteiger partial charge on any atom is 0.352 e. The monoisotopic (exact) mass is 494 g/mol. The second-order valence-corrected chi connectivity index (χ2v) is 8.92. The van der Waals surface area contributed by atoms with Crippen LogP contribution in [0.4, 0.5) is 10.1 Å². The van der Waals surface area contributed by atoms with Gasteiger partial charge < -0.3 is 10.6 Å². The highest BCUT2D eigenvalue weighted by Crippen LogP contribution is 2.15. The molecule has 2 aromatic carbocycles. The Hall–Kier alpha value is -4.28. The predicted octanol–water partition coefficient (Wildman–Crippen LogP) is 2.38. The second kappa shape index (κ2) is 10.1. The summed E-state index contributed by atoms with van der Waals surface area (Å²) in [5, 5.41) is 9.95. The zero-order chi connectivity index (χ0) is 26.0. The van der Waals surface area contributed by atoms with Crippen molar-refractivity contribution in [3.8, 4) is 0 Å². The Morgan fingerprint density at radius 3 is 2.47 bits per heavy atom. The van der Waals surface area contributed by atoms with Gasteiger partial charge in [-0.1, -0.05) is 20.8 Å². The Labute approximate surface area is 205 Å². The maximum atomic E-state index is 13.4. The summed E-state index contributed by atoms with van der Waals surface area (Å²) in [6.07, 6.45) is 0.614. The number of amides is 2. The first-order valence-electron chi connectivity index (χ1n) is 11.7. The number of benzene rings is 2. The van der Waals surface area contributed by atoms with Crippen LogP contribution in [0.2, 0.25) is 0 Å². The first kappa shape index (κ1) is 24.8. The number of hydrogen-bond donors (Lipinski definition) is 2. The Morgan fingerprint density at radius 1 is 1.08 bits per heavy atom. The summed E-state index contributed by atoms with van der Waals surface area (Å²) in [6.45, 7) is 6.20. The van der Waals surface area contributed by atoms with Gasteiger partial charge in [0.05, 0.1) is 10.9 Å². The number of anilines is 1. The van der Waals surface area contributed by atoms with Gasteiger partial charge in [-0.05, 0) is 54.8 Å². The van der Waals surface area contributed by atoms with E-state index in [9.17, 15) is 23.6 Å².